The average molecular weight is 238 g/mol. The standard InChI is InChI=1S/C13H14F2NO/c1-2-9(5-11-7-17-8-16-11)10-3-4-12(14)13(15)6-10/h3-4,6,9,11H,2,5,7H2,1H3. The second-order valence-electron chi connectivity index (χ2n) is 4.20. The Hall–Kier alpha value is -1.45. The van der Waals surface area contributed by atoms with Crippen molar-refractivity contribution >= 4 is 6.40 Å². The fourth-order valence-corrected chi connectivity index (χ4v) is 2.04. The quantitative estimate of drug-likeness (QED) is 0.789. The first-order chi connectivity index (χ1) is 8.20. The van der Waals surface area contributed by atoms with Crippen LogP contribution >= 0.6 is 0 Å². The summed E-state index contributed by atoms with van der Waals surface area (Å²) in [6, 6.07) is 4.16. The van der Waals surface area contributed by atoms with Crippen LogP contribution in [0.3, 0.4) is 0 Å². The highest BCUT2D eigenvalue weighted by Gasteiger charge is 2.20. The predicted molar refractivity (Wildman–Crippen MR) is 61.2 cm³/mol. The van der Waals surface area contributed by atoms with Gasteiger partial charge in [0.15, 0.2) is 11.6 Å². The lowest BCUT2D eigenvalue weighted by atomic mass is 9.90. The van der Waals surface area contributed by atoms with E-state index in [1.165, 1.54) is 12.1 Å². The predicted octanol–water partition coefficient (Wildman–Crippen LogP) is 3.15. The van der Waals surface area contributed by atoms with Crippen molar-refractivity contribution in [1.29, 1.82) is 0 Å². The van der Waals surface area contributed by atoms with Crippen LogP contribution in [0.2, 0.25) is 0 Å². The molecule has 0 bridgehead atoms. The van der Waals surface area contributed by atoms with Crippen LogP contribution in [0.1, 0.15) is 31.2 Å². The number of nitrogens with zero attached hydrogens (tertiary/aromatic N) is 1. The van der Waals surface area contributed by atoms with Crippen molar-refractivity contribution in [1.82, 2.24) is 0 Å². The van der Waals surface area contributed by atoms with E-state index in [1.807, 2.05) is 6.92 Å². The minimum atomic E-state index is -0.806. The van der Waals surface area contributed by atoms with Gasteiger partial charge in [-0.1, -0.05) is 13.0 Å². The summed E-state index contributed by atoms with van der Waals surface area (Å²) in [5, 5.41) is 0. The second-order valence-corrected chi connectivity index (χ2v) is 4.20. The van der Waals surface area contributed by atoms with Gasteiger partial charge in [0.1, 0.15) is 6.61 Å². The third-order valence-corrected chi connectivity index (χ3v) is 3.04. The van der Waals surface area contributed by atoms with Crippen molar-refractivity contribution in [3.05, 3.63) is 35.4 Å². The SMILES string of the molecule is CCC(CC1CO[C]=N1)c1ccc(F)c(F)c1. The Balaban J connectivity index is 2.10. The van der Waals surface area contributed by atoms with Crippen LogP contribution in [0.15, 0.2) is 23.2 Å². The molecular formula is C13H14F2NO. The van der Waals surface area contributed by atoms with Crippen molar-refractivity contribution in [3.63, 3.8) is 0 Å². The van der Waals surface area contributed by atoms with Gasteiger partial charge in [0, 0.05) is 0 Å². The Labute approximate surface area is 99.3 Å². The molecule has 0 amide bonds. The van der Waals surface area contributed by atoms with E-state index < -0.39 is 11.6 Å². The fraction of sp³-hybridized carbons (Fsp3) is 0.462. The summed E-state index contributed by atoms with van der Waals surface area (Å²) < 4.78 is 30.9. The topological polar surface area (TPSA) is 21.6 Å². The lowest BCUT2D eigenvalue weighted by Crippen LogP contribution is -2.12. The van der Waals surface area contributed by atoms with Gasteiger partial charge < -0.3 is 4.74 Å². The largest absolute Gasteiger partial charge is 0.472 e. The molecule has 0 aromatic heterocycles. The summed E-state index contributed by atoms with van der Waals surface area (Å²) in [6.07, 6.45) is 4.10. The van der Waals surface area contributed by atoms with Gasteiger partial charge in [0.25, 0.3) is 6.40 Å². The number of rotatable bonds is 4. The van der Waals surface area contributed by atoms with Crippen LogP contribution in [0.25, 0.3) is 0 Å². The smallest absolute Gasteiger partial charge is 0.273 e. The van der Waals surface area contributed by atoms with E-state index in [9.17, 15) is 8.78 Å². The minimum Gasteiger partial charge on any atom is -0.472 e. The maximum Gasteiger partial charge on any atom is 0.273 e. The molecule has 0 saturated heterocycles. The number of hydrogen-bond acceptors (Lipinski definition) is 2. The number of aliphatic imine (C=N–C) groups is 1. The molecule has 17 heavy (non-hydrogen) atoms. The third-order valence-electron chi connectivity index (χ3n) is 3.04. The molecule has 0 fully saturated rings. The zero-order valence-electron chi connectivity index (χ0n) is 9.62. The van der Waals surface area contributed by atoms with Gasteiger partial charge in [0.2, 0.25) is 0 Å². The Bertz CT molecular complexity index is 420. The molecule has 2 nitrogen and oxygen atoms in total. The molecule has 4 heteroatoms. The highest BCUT2D eigenvalue weighted by Crippen LogP contribution is 2.27. The molecule has 0 aliphatic carbocycles. The van der Waals surface area contributed by atoms with Crippen molar-refractivity contribution in [2.75, 3.05) is 6.61 Å². The summed E-state index contributed by atoms with van der Waals surface area (Å²) in [5.41, 5.74) is 0.813. The Morgan fingerprint density at radius 3 is 2.88 bits per heavy atom. The third kappa shape index (κ3) is 2.81. The maximum absolute atomic E-state index is 13.2. The first-order valence-electron chi connectivity index (χ1n) is 5.72. The van der Waals surface area contributed by atoms with Crippen molar-refractivity contribution in [2.24, 2.45) is 4.99 Å². The highest BCUT2D eigenvalue weighted by molar-refractivity contribution is 5.49. The lowest BCUT2D eigenvalue weighted by Gasteiger charge is -2.17. The Kier molecular flexibility index (Phi) is 3.71. The van der Waals surface area contributed by atoms with Crippen LogP contribution in [-0.4, -0.2) is 19.0 Å². The normalized spacial score (nSPS) is 20.3. The molecule has 2 rings (SSSR count). The van der Waals surface area contributed by atoms with Crippen LogP contribution in [-0.2, 0) is 4.74 Å². The summed E-state index contributed by atoms with van der Waals surface area (Å²) in [7, 11) is 0. The van der Waals surface area contributed by atoms with Crippen LogP contribution in [0, 0.1) is 11.6 Å². The van der Waals surface area contributed by atoms with E-state index in [-0.39, 0.29) is 12.0 Å². The molecule has 1 aromatic rings. The summed E-state index contributed by atoms with van der Waals surface area (Å²) in [5.74, 6) is -1.43. The van der Waals surface area contributed by atoms with Crippen molar-refractivity contribution in [3.8, 4) is 0 Å². The highest BCUT2D eigenvalue weighted by atomic mass is 19.2. The molecule has 1 aromatic carbocycles. The van der Waals surface area contributed by atoms with Crippen molar-refractivity contribution in [2.45, 2.75) is 31.7 Å². The minimum absolute atomic E-state index is 0.0769. The van der Waals surface area contributed by atoms with Gasteiger partial charge in [-0.3, -0.25) is 0 Å². The van der Waals surface area contributed by atoms with Crippen LogP contribution in [0.5, 0.6) is 0 Å². The lowest BCUT2D eigenvalue weighted by molar-refractivity contribution is 0.313. The molecule has 1 heterocycles. The molecular weight excluding hydrogens is 224 g/mol. The monoisotopic (exact) mass is 238 g/mol. The molecule has 0 saturated carbocycles. The summed E-state index contributed by atoms with van der Waals surface area (Å²) >= 11 is 0. The number of halogens is 2. The first kappa shape index (κ1) is 12.0. The van der Waals surface area contributed by atoms with Gasteiger partial charge in [-0.25, -0.2) is 13.8 Å². The Morgan fingerprint density at radius 2 is 2.29 bits per heavy atom. The Morgan fingerprint density at radius 1 is 1.47 bits per heavy atom. The van der Waals surface area contributed by atoms with E-state index in [4.69, 9.17) is 4.74 Å². The molecule has 2 atom stereocenters. The van der Waals surface area contributed by atoms with Gasteiger partial charge in [-0.15, -0.1) is 0 Å². The van der Waals surface area contributed by atoms with Crippen LogP contribution in [0.4, 0.5) is 8.78 Å². The number of ether oxygens (including phenoxy) is 1. The molecule has 1 aliphatic heterocycles. The van der Waals surface area contributed by atoms with Crippen LogP contribution < -0.4 is 0 Å². The van der Waals surface area contributed by atoms with Gasteiger partial charge in [-0.2, -0.15) is 0 Å². The number of benzene rings is 1. The van der Waals surface area contributed by atoms with E-state index in [0.717, 1.165) is 18.4 Å². The van der Waals surface area contributed by atoms with Crippen molar-refractivity contribution < 1.29 is 13.5 Å². The molecule has 1 aliphatic rings. The fourth-order valence-electron chi connectivity index (χ4n) is 2.04. The molecule has 91 valence electrons. The van der Waals surface area contributed by atoms with Gasteiger partial charge >= 0.3 is 0 Å². The number of hydrogen-bond donors (Lipinski definition) is 0. The molecule has 0 N–H and O–H groups in total. The molecule has 1 radical (unpaired) electrons. The second kappa shape index (κ2) is 5.25. The molecule has 0 spiro atoms. The van der Waals surface area contributed by atoms with Gasteiger partial charge in [-0.05, 0) is 36.5 Å². The first-order valence-corrected chi connectivity index (χ1v) is 5.72. The van der Waals surface area contributed by atoms with Gasteiger partial charge in [0.05, 0.1) is 6.04 Å². The van der Waals surface area contributed by atoms with E-state index in [2.05, 4.69) is 11.4 Å². The summed E-state index contributed by atoms with van der Waals surface area (Å²) in [4.78, 5) is 4.05. The van der Waals surface area contributed by atoms with E-state index >= 15 is 0 Å². The zero-order chi connectivity index (χ0) is 12.3. The average Bonchev–Trinajstić information content (AvgIpc) is 2.82. The van der Waals surface area contributed by atoms with E-state index in [1.54, 1.807) is 6.07 Å². The summed E-state index contributed by atoms with van der Waals surface area (Å²) in [6.45, 7) is 2.55. The maximum atomic E-state index is 13.2. The zero-order valence-corrected chi connectivity index (χ0v) is 9.62. The van der Waals surface area contributed by atoms with E-state index in [0.29, 0.717) is 6.61 Å². The molecule has 2 unspecified atom stereocenters.